The van der Waals surface area contributed by atoms with E-state index in [9.17, 15) is 30.0 Å². The van der Waals surface area contributed by atoms with Crippen molar-refractivity contribution < 1.29 is 49.0 Å². The van der Waals surface area contributed by atoms with E-state index in [-0.39, 0.29) is 55.0 Å². The molecule has 4 fully saturated rings. The normalized spacial score (nSPS) is 30.7. The van der Waals surface area contributed by atoms with Crippen molar-refractivity contribution in [2.45, 2.75) is 94.3 Å². The highest BCUT2D eigenvalue weighted by Crippen LogP contribution is 2.33. The molecule has 8 N–H and O–H groups in total. The number of piperidine rings is 1. The van der Waals surface area contributed by atoms with Gasteiger partial charge < -0.3 is 45.2 Å². The smallest absolute Gasteiger partial charge is 0.311 e. The number of aliphatic hydroxyl groups is 5. The third-order valence-corrected chi connectivity index (χ3v) is 10.5. The first-order valence-corrected chi connectivity index (χ1v) is 17.4. The lowest BCUT2D eigenvalue weighted by molar-refractivity contribution is -0.146. The average Bonchev–Trinajstić information content (AvgIpc) is 3.07. The van der Waals surface area contributed by atoms with E-state index in [1.807, 2.05) is 0 Å². The van der Waals surface area contributed by atoms with Gasteiger partial charge in [0.15, 0.2) is 0 Å². The van der Waals surface area contributed by atoms with Gasteiger partial charge in [0.25, 0.3) is 0 Å². The number of carbonyl (C=O) groups excluding carboxylic acids is 2. The van der Waals surface area contributed by atoms with Gasteiger partial charge in [0.2, 0.25) is 5.91 Å². The molecular weight excluding hydrogens is 617 g/mol. The number of rotatable bonds is 17. The Labute approximate surface area is 277 Å². The van der Waals surface area contributed by atoms with Gasteiger partial charge in [-0.2, -0.15) is 0 Å². The summed E-state index contributed by atoms with van der Waals surface area (Å²) in [5.74, 6) is 0.152. The fraction of sp³-hybridized carbons (Fsp3) is 0.938. The summed E-state index contributed by atoms with van der Waals surface area (Å²) in [5.41, 5.74) is 0. The second kappa shape index (κ2) is 19.0. The van der Waals surface area contributed by atoms with Crippen LogP contribution in [0.2, 0.25) is 0 Å². The van der Waals surface area contributed by atoms with Gasteiger partial charge in [0.1, 0.15) is 30.8 Å². The fourth-order valence-corrected chi connectivity index (χ4v) is 7.26. The van der Waals surface area contributed by atoms with Crippen LogP contribution in [0.5, 0.6) is 0 Å². The van der Waals surface area contributed by atoms with E-state index in [1.54, 1.807) is 4.90 Å². The van der Waals surface area contributed by atoms with Crippen molar-refractivity contribution in [3.63, 3.8) is 0 Å². The van der Waals surface area contributed by atoms with Gasteiger partial charge >= 0.3 is 5.97 Å². The molecule has 3 saturated heterocycles. The number of halogens is 1. The van der Waals surface area contributed by atoms with Gasteiger partial charge in [-0.1, -0.05) is 0 Å². The highest BCUT2D eigenvalue weighted by atomic mass is 19.1. The van der Waals surface area contributed by atoms with E-state index < -0.39 is 37.2 Å². The monoisotopic (exact) mass is 675 g/mol. The first kappa shape index (κ1) is 38.3. The maximum Gasteiger partial charge on any atom is 0.311 e. The lowest BCUT2D eigenvalue weighted by Crippen LogP contribution is -2.63. The molecular formula is C32H58FN5O9. The van der Waals surface area contributed by atoms with Crippen molar-refractivity contribution in [1.82, 2.24) is 25.8 Å². The number of esters is 1. The number of aliphatic hydroxyl groups excluding tert-OH is 5. The Kier molecular flexibility index (Phi) is 15.5. The minimum Gasteiger partial charge on any atom is -0.469 e. The van der Waals surface area contributed by atoms with Crippen LogP contribution in [0, 0.1) is 23.7 Å². The molecule has 0 spiro atoms. The Hall–Kier alpha value is -1.53. The van der Waals surface area contributed by atoms with Crippen LogP contribution in [0.15, 0.2) is 0 Å². The third-order valence-electron chi connectivity index (χ3n) is 10.5. The van der Waals surface area contributed by atoms with E-state index in [0.29, 0.717) is 58.1 Å². The molecule has 1 amide bonds. The van der Waals surface area contributed by atoms with Crippen LogP contribution in [0.4, 0.5) is 4.39 Å². The number of nitrogens with one attached hydrogen (secondary N) is 3. The van der Waals surface area contributed by atoms with Crippen molar-refractivity contribution in [1.29, 1.82) is 0 Å². The second-order valence-electron chi connectivity index (χ2n) is 14.0. The molecule has 0 bridgehead atoms. The summed E-state index contributed by atoms with van der Waals surface area (Å²) >= 11 is 0. The first-order chi connectivity index (χ1) is 22.6. The molecule has 3 unspecified atom stereocenters. The van der Waals surface area contributed by atoms with Gasteiger partial charge in [0.05, 0.1) is 31.8 Å². The molecule has 1 saturated carbocycles. The summed E-state index contributed by atoms with van der Waals surface area (Å²) in [6, 6.07) is 0. The van der Waals surface area contributed by atoms with E-state index in [1.165, 1.54) is 7.11 Å². The number of hydrogen-bond acceptors (Lipinski definition) is 13. The van der Waals surface area contributed by atoms with Gasteiger partial charge in [-0.25, -0.2) is 4.39 Å². The van der Waals surface area contributed by atoms with Crippen molar-refractivity contribution >= 4 is 11.9 Å². The topological polar surface area (TPSA) is 196 Å². The SMILES string of the molecule is COC(=O)C1CNC(N2CCC(CCCOC3CCC(CC(=O)N4CC(CNC[C@H](O)[C@@H](O)[C@H](O)[C@H](O)CO)C4)C(F)C3)CC2)NC1. The summed E-state index contributed by atoms with van der Waals surface area (Å²) in [7, 11) is 1.42. The summed E-state index contributed by atoms with van der Waals surface area (Å²) in [5, 5.41) is 57.7. The summed E-state index contributed by atoms with van der Waals surface area (Å²) in [6.07, 6.45) is -0.989. The Morgan fingerprint density at radius 3 is 2.30 bits per heavy atom. The average molecular weight is 676 g/mol. The molecule has 47 heavy (non-hydrogen) atoms. The van der Waals surface area contributed by atoms with Crippen LogP contribution in [0.1, 0.15) is 51.4 Å². The minimum absolute atomic E-state index is 0.0205. The number of hydrogen-bond donors (Lipinski definition) is 8. The molecule has 1 aliphatic carbocycles. The van der Waals surface area contributed by atoms with Crippen LogP contribution in [0.3, 0.4) is 0 Å². The zero-order chi connectivity index (χ0) is 33.9. The fourth-order valence-electron chi connectivity index (χ4n) is 7.26. The Morgan fingerprint density at radius 2 is 1.66 bits per heavy atom. The summed E-state index contributed by atoms with van der Waals surface area (Å²) in [4.78, 5) is 28.6. The maximum atomic E-state index is 15.0. The van der Waals surface area contributed by atoms with Crippen molar-refractivity contribution in [2.75, 3.05) is 72.7 Å². The van der Waals surface area contributed by atoms with Gasteiger partial charge in [-0.05, 0) is 50.4 Å². The zero-order valence-electron chi connectivity index (χ0n) is 27.7. The number of nitrogens with zero attached hydrogens (tertiary/aromatic N) is 2. The standard InChI is InChI=1S/C32H58FN5O9/c1-46-31(45)23-14-35-32(36-15-23)37-8-6-20(7-9-37)3-2-10-47-24-5-4-22(25(33)12-24)11-28(42)38-17-21(18-38)13-34-16-26(40)29(43)30(44)27(41)19-39/h20-27,29-30,32,34-36,39-41,43-44H,2-19H2,1H3/t22?,23?,24?,25?,26-,27+,29+,30+,32?/m0/s1. The predicted octanol–water partition coefficient (Wildman–Crippen LogP) is -1.86. The lowest BCUT2D eigenvalue weighted by atomic mass is 9.83. The molecule has 4 aliphatic rings. The van der Waals surface area contributed by atoms with Gasteiger partial charge in [-0.3, -0.25) is 25.1 Å². The predicted molar refractivity (Wildman–Crippen MR) is 169 cm³/mol. The molecule has 272 valence electrons. The number of methoxy groups -OCH3 is 1. The van der Waals surface area contributed by atoms with Crippen molar-refractivity contribution in [3.8, 4) is 0 Å². The van der Waals surface area contributed by atoms with E-state index >= 15 is 4.39 Å². The molecule has 7 atom stereocenters. The van der Waals surface area contributed by atoms with E-state index in [2.05, 4.69) is 20.9 Å². The third kappa shape index (κ3) is 11.2. The van der Waals surface area contributed by atoms with Crippen LogP contribution in [0.25, 0.3) is 0 Å². The van der Waals surface area contributed by atoms with Crippen LogP contribution in [-0.4, -0.2) is 163 Å². The molecule has 0 radical (unpaired) electrons. The number of amides is 1. The Bertz CT molecular complexity index is 950. The lowest BCUT2D eigenvalue weighted by Gasteiger charge is -2.41. The summed E-state index contributed by atoms with van der Waals surface area (Å²) < 4.78 is 25.9. The quantitative estimate of drug-likeness (QED) is 0.0632. The molecule has 14 nitrogen and oxygen atoms in total. The largest absolute Gasteiger partial charge is 0.469 e. The molecule has 4 rings (SSSR count). The highest BCUT2D eigenvalue weighted by Gasteiger charge is 2.37. The van der Waals surface area contributed by atoms with Crippen LogP contribution in [-0.2, 0) is 19.1 Å². The number of ether oxygens (including phenoxy) is 2. The van der Waals surface area contributed by atoms with Crippen LogP contribution >= 0.6 is 0 Å². The van der Waals surface area contributed by atoms with Crippen molar-refractivity contribution in [2.24, 2.45) is 23.7 Å². The minimum atomic E-state index is -1.66. The van der Waals surface area contributed by atoms with E-state index in [4.69, 9.17) is 14.6 Å². The maximum absolute atomic E-state index is 15.0. The molecule has 3 heterocycles. The Morgan fingerprint density at radius 1 is 0.979 bits per heavy atom. The van der Waals surface area contributed by atoms with Crippen LogP contribution < -0.4 is 16.0 Å². The Balaban J connectivity index is 1.01. The first-order valence-electron chi connectivity index (χ1n) is 17.4. The molecule has 3 aliphatic heterocycles. The van der Waals surface area contributed by atoms with Gasteiger partial charge in [0, 0.05) is 77.7 Å². The van der Waals surface area contributed by atoms with E-state index in [0.717, 1.165) is 45.2 Å². The van der Waals surface area contributed by atoms with Gasteiger partial charge in [-0.15, -0.1) is 0 Å². The number of carbonyl (C=O) groups is 2. The molecule has 0 aromatic rings. The number of alkyl halides is 1. The molecule has 0 aromatic carbocycles. The second-order valence-corrected chi connectivity index (χ2v) is 14.0. The molecule has 0 aromatic heterocycles. The number of likely N-dealkylation sites (tertiary alicyclic amines) is 2. The summed E-state index contributed by atoms with van der Waals surface area (Å²) in [6.45, 7) is 4.69. The van der Waals surface area contributed by atoms with Crippen molar-refractivity contribution in [3.05, 3.63) is 0 Å². The molecule has 15 heteroatoms. The highest BCUT2D eigenvalue weighted by molar-refractivity contribution is 5.77. The zero-order valence-corrected chi connectivity index (χ0v) is 27.7.